The summed E-state index contributed by atoms with van der Waals surface area (Å²) in [5.74, 6) is 1.58. The number of para-hydroxylation sites is 2. The number of fused-ring (bicyclic) bond motifs is 8. The van der Waals surface area contributed by atoms with Gasteiger partial charge in [-0.3, -0.25) is 4.79 Å². The highest BCUT2D eigenvalue weighted by molar-refractivity contribution is 5.88. The van der Waals surface area contributed by atoms with Crippen molar-refractivity contribution >= 4 is 22.9 Å². The van der Waals surface area contributed by atoms with Gasteiger partial charge >= 0.3 is 5.97 Å². The third-order valence-electron chi connectivity index (χ3n) is 15.1. The first-order valence-corrected chi connectivity index (χ1v) is 17.3. The number of aromatic carboxylic acids is 1. The molecule has 10 atom stereocenters. The Bertz CT molecular complexity index is 1480. The maximum Gasteiger partial charge on any atom is 0.371 e. The molecule has 5 aliphatic carbocycles. The van der Waals surface area contributed by atoms with E-state index in [0.29, 0.717) is 40.5 Å². The third kappa shape index (κ3) is 4.49. The number of H-pyrrole nitrogens is 1. The van der Waals surface area contributed by atoms with Crippen LogP contribution >= 0.6 is 0 Å². The molecule has 0 spiro atoms. The topological polar surface area (TPSA) is 129 Å². The number of aliphatic hydroxyl groups is 1. The number of nitrogens with one attached hydrogen (secondary N) is 1. The zero-order valence-corrected chi connectivity index (χ0v) is 28.3. The lowest BCUT2D eigenvalue weighted by molar-refractivity contribution is -0.246. The van der Waals surface area contributed by atoms with Crippen LogP contribution in [-0.4, -0.2) is 38.2 Å². The summed E-state index contributed by atoms with van der Waals surface area (Å²) in [6.45, 7) is 19.0. The molecule has 5 aliphatic rings. The predicted octanol–water partition coefficient (Wildman–Crippen LogP) is 7.75. The number of aromatic nitrogens is 2. The van der Waals surface area contributed by atoms with Crippen molar-refractivity contribution in [3.05, 3.63) is 42.2 Å². The van der Waals surface area contributed by atoms with Crippen LogP contribution in [0.25, 0.3) is 11.0 Å². The molecule has 0 bridgehead atoms. The van der Waals surface area contributed by atoms with Gasteiger partial charge in [0.1, 0.15) is 0 Å². The Hall–Kier alpha value is -2.67. The minimum absolute atomic E-state index is 0.00370. The van der Waals surface area contributed by atoms with Crippen LogP contribution < -0.4 is 5.73 Å². The molecule has 1 aromatic carbocycles. The summed E-state index contributed by atoms with van der Waals surface area (Å²) >= 11 is 0. The van der Waals surface area contributed by atoms with Gasteiger partial charge in [-0.1, -0.05) is 58.9 Å². The summed E-state index contributed by atoms with van der Waals surface area (Å²) in [6.07, 6.45) is 11.1. The second-order valence-electron chi connectivity index (χ2n) is 17.0. The van der Waals surface area contributed by atoms with Crippen molar-refractivity contribution in [1.82, 2.24) is 9.97 Å². The summed E-state index contributed by atoms with van der Waals surface area (Å²) < 4.78 is 0. The molecule has 2 aromatic rings. The first-order chi connectivity index (χ1) is 21.0. The van der Waals surface area contributed by atoms with E-state index in [-0.39, 0.29) is 39.5 Å². The van der Waals surface area contributed by atoms with E-state index in [1.165, 1.54) is 31.3 Å². The Morgan fingerprint density at radius 2 is 1.62 bits per heavy atom. The fourth-order valence-electron chi connectivity index (χ4n) is 12.6. The van der Waals surface area contributed by atoms with Crippen LogP contribution in [0.3, 0.4) is 0 Å². The van der Waals surface area contributed by atoms with Gasteiger partial charge in [-0.15, -0.1) is 0 Å². The highest BCUT2D eigenvalue weighted by Crippen LogP contribution is 2.77. The zero-order valence-electron chi connectivity index (χ0n) is 28.3. The number of carboxylic acids is 1. The quantitative estimate of drug-likeness (QED) is 0.262. The summed E-state index contributed by atoms with van der Waals surface area (Å²) in [5.41, 5.74) is 9.39. The van der Waals surface area contributed by atoms with Gasteiger partial charge in [-0.2, -0.15) is 0 Å². The molecule has 1 aromatic heterocycles. The van der Waals surface area contributed by atoms with Gasteiger partial charge in [0.05, 0.1) is 22.6 Å². The average Bonchev–Trinajstić information content (AvgIpc) is 3.59. The smallest absolute Gasteiger partial charge is 0.371 e. The lowest BCUT2D eigenvalue weighted by Crippen LogP contribution is -2.67. The first-order valence-electron chi connectivity index (χ1n) is 17.3. The fourth-order valence-corrected chi connectivity index (χ4v) is 12.6. The molecule has 0 aliphatic heterocycles. The Morgan fingerprint density at radius 3 is 2.27 bits per heavy atom. The van der Waals surface area contributed by atoms with Gasteiger partial charge in [-0.25, -0.2) is 9.78 Å². The van der Waals surface area contributed by atoms with E-state index in [9.17, 15) is 14.7 Å². The SMILES string of the molecule is C=C(C)[C@@H]1CC[C@]2(C(N)=O)CC[C@]3(C)[C@H](CC[C@@H]4[C@@]5(C)CC[C@H](O)C(C)(C)[C@@H]5CC[C@]43C)[C@@H]12.O=C(O)c1nc2ccccc2[nH]1. The lowest BCUT2D eigenvalue weighted by Gasteiger charge is -2.72. The van der Waals surface area contributed by atoms with E-state index in [1.54, 1.807) is 12.1 Å². The van der Waals surface area contributed by atoms with Gasteiger partial charge in [0.15, 0.2) is 0 Å². The number of hydrogen-bond acceptors (Lipinski definition) is 4. The highest BCUT2D eigenvalue weighted by atomic mass is 16.4. The van der Waals surface area contributed by atoms with Crippen molar-refractivity contribution in [3.8, 4) is 0 Å². The molecule has 0 radical (unpaired) electrons. The Labute approximate surface area is 268 Å². The van der Waals surface area contributed by atoms with Gasteiger partial charge in [0.25, 0.3) is 0 Å². The van der Waals surface area contributed by atoms with Crippen molar-refractivity contribution in [2.24, 2.45) is 62.4 Å². The number of amides is 1. The van der Waals surface area contributed by atoms with E-state index in [0.717, 1.165) is 44.0 Å². The maximum absolute atomic E-state index is 13.0. The Balaban J connectivity index is 0.000000248. The number of nitrogens with zero attached hydrogens (tertiary/aromatic N) is 1. The highest BCUT2D eigenvalue weighted by Gasteiger charge is 2.71. The predicted molar refractivity (Wildman–Crippen MR) is 177 cm³/mol. The summed E-state index contributed by atoms with van der Waals surface area (Å²) in [6, 6.07) is 7.19. The minimum Gasteiger partial charge on any atom is -0.475 e. The zero-order chi connectivity index (χ0) is 32.7. The van der Waals surface area contributed by atoms with E-state index in [2.05, 4.69) is 58.1 Å². The molecule has 1 amide bonds. The number of carboxylic acid groups (broad SMARTS) is 1. The fraction of sp³-hybridized carbons (Fsp3) is 0.711. The number of aromatic amines is 1. The first kappa shape index (κ1) is 32.3. The lowest BCUT2D eigenvalue weighted by atomic mass is 9.32. The van der Waals surface area contributed by atoms with Crippen LogP contribution in [0.1, 0.15) is 116 Å². The number of carbonyl (C=O) groups is 2. The molecule has 5 N–H and O–H groups in total. The number of hydrogen-bond donors (Lipinski definition) is 4. The Morgan fingerprint density at radius 1 is 0.911 bits per heavy atom. The van der Waals surface area contributed by atoms with Crippen LogP contribution in [0.2, 0.25) is 0 Å². The molecule has 45 heavy (non-hydrogen) atoms. The molecular formula is C38H55N3O4. The van der Waals surface area contributed by atoms with Crippen LogP contribution in [0.5, 0.6) is 0 Å². The van der Waals surface area contributed by atoms with Gasteiger partial charge < -0.3 is 20.9 Å². The molecule has 7 rings (SSSR count). The number of imidazole rings is 1. The van der Waals surface area contributed by atoms with E-state index in [1.807, 2.05) is 12.1 Å². The van der Waals surface area contributed by atoms with Crippen LogP contribution in [0.4, 0.5) is 0 Å². The molecule has 0 unspecified atom stereocenters. The molecular weight excluding hydrogens is 562 g/mol. The number of allylic oxidation sites excluding steroid dienone is 1. The van der Waals surface area contributed by atoms with E-state index in [4.69, 9.17) is 10.8 Å². The monoisotopic (exact) mass is 617 g/mol. The minimum atomic E-state index is -1.04. The van der Waals surface area contributed by atoms with Crippen molar-refractivity contribution in [2.45, 2.75) is 112 Å². The van der Waals surface area contributed by atoms with E-state index >= 15 is 0 Å². The van der Waals surface area contributed by atoms with Crippen molar-refractivity contribution in [2.75, 3.05) is 0 Å². The summed E-state index contributed by atoms with van der Waals surface area (Å²) in [7, 11) is 0. The van der Waals surface area contributed by atoms with Crippen LogP contribution in [0.15, 0.2) is 36.4 Å². The molecule has 246 valence electrons. The molecule has 0 saturated heterocycles. The number of rotatable bonds is 3. The molecule has 5 fully saturated rings. The Kier molecular flexibility index (Phi) is 7.66. The molecule has 7 nitrogen and oxygen atoms in total. The van der Waals surface area contributed by atoms with Crippen molar-refractivity contribution in [3.63, 3.8) is 0 Å². The van der Waals surface area contributed by atoms with Crippen molar-refractivity contribution in [1.29, 1.82) is 0 Å². The van der Waals surface area contributed by atoms with Gasteiger partial charge in [0.2, 0.25) is 11.7 Å². The van der Waals surface area contributed by atoms with E-state index < -0.39 is 5.97 Å². The molecule has 7 heteroatoms. The largest absolute Gasteiger partial charge is 0.475 e. The number of primary amides is 1. The number of nitrogens with two attached hydrogens (primary N) is 1. The number of carbonyl (C=O) groups excluding carboxylic acids is 1. The van der Waals surface area contributed by atoms with Gasteiger partial charge in [-0.05, 0) is 135 Å². The normalized spacial score (nSPS) is 43.1. The van der Waals surface area contributed by atoms with Crippen LogP contribution in [-0.2, 0) is 4.79 Å². The number of benzene rings is 1. The maximum atomic E-state index is 13.0. The van der Waals surface area contributed by atoms with Gasteiger partial charge in [0, 0.05) is 0 Å². The van der Waals surface area contributed by atoms with Crippen molar-refractivity contribution < 1.29 is 19.8 Å². The second kappa shape index (κ2) is 10.7. The standard InChI is InChI=1S/C30H49NO2.C8H6N2O2/c1-18(2)19-10-15-30(25(31)33)17-16-28(6)20(24(19)30)8-9-22-27(5)13-12-23(32)26(3,4)21(27)11-14-29(22,28)7;11-8(12)7-9-5-3-1-2-4-6(5)10-7/h19-24,32H,1,8-17H2,2-7H3,(H2,31,33);1-4H,(H,9,10)(H,11,12)/t19-,20+,21-,22+,23-,24+,27-,28+,29+,30-;/m0./s1. The molecule has 5 saturated carbocycles. The third-order valence-corrected chi connectivity index (χ3v) is 15.1. The summed E-state index contributed by atoms with van der Waals surface area (Å²) in [4.78, 5) is 30.0. The molecule has 1 heterocycles. The average molecular weight is 618 g/mol. The number of aliphatic hydroxyl groups excluding tert-OH is 1. The van der Waals surface area contributed by atoms with Crippen LogP contribution in [0, 0.1) is 56.7 Å². The summed E-state index contributed by atoms with van der Waals surface area (Å²) in [5, 5.41) is 19.5. The second-order valence-corrected chi connectivity index (χ2v) is 17.0.